The molecular formula is C10H11N3O. The highest BCUT2D eigenvalue weighted by molar-refractivity contribution is 5.92. The zero-order chi connectivity index (χ0) is 9.97. The molecule has 72 valence electrons. The summed E-state index contributed by atoms with van der Waals surface area (Å²) in [5, 5.41) is 2.79. The van der Waals surface area contributed by atoms with E-state index in [1.807, 2.05) is 25.1 Å². The number of fused-ring (bicyclic) bond motifs is 1. The quantitative estimate of drug-likeness (QED) is 0.758. The minimum absolute atomic E-state index is 0.0175. The lowest BCUT2D eigenvalue weighted by Gasteiger charge is -2.02. The zero-order valence-electron chi connectivity index (χ0n) is 7.87. The van der Waals surface area contributed by atoms with E-state index in [-0.39, 0.29) is 5.91 Å². The number of hydrogen-bond donors (Lipinski definition) is 2. The van der Waals surface area contributed by atoms with E-state index in [1.165, 1.54) is 0 Å². The van der Waals surface area contributed by atoms with E-state index in [0.29, 0.717) is 6.42 Å². The summed E-state index contributed by atoms with van der Waals surface area (Å²) in [5.41, 5.74) is 2.63. The maximum absolute atomic E-state index is 11.1. The van der Waals surface area contributed by atoms with Crippen molar-refractivity contribution in [2.75, 3.05) is 5.32 Å². The molecule has 2 aromatic rings. The van der Waals surface area contributed by atoms with Gasteiger partial charge in [-0.2, -0.15) is 0 Å². The molecule has 0 aliphatic heterocycles. The molecule has 0 aliphatic carbocycles. The Morgan fingerprint density at radius 1 is 1.57 bits per heavy atom. The Morgan fingerprint density at radius 2 is 2.43 bits per heavy atom. The van der Waals surface area contributed by atoms with Crippen molar-refractivity contribution in [1.29, 1.82) is 0 Å². The van der Waals surface area contributed by atoms with Gasteiger partial charge in [-0.3, -0.25) is 4.79 Å². The number of amides is 1. The molecule has 0 spiro atoms. The predicted octanol–water partition coefficient (Wildman–Crippen LogP) is 1.91. The minimum atomic E-state index is 0.0175. The predicted molar refractivity (Wildman–Crippen MR) is 55.0 cm³/mol. The fourth-order valence-electron chi connectivity index (χ4n) is 1.26. The van der Waals surface area contributed by atoms with Gasteiger partial charge in [-0.1, -0.05) is 6.92 Å². The first kappa shape index (κ1) is 8.74. The maximum Gasteiger partial charge on any atom is 0.224 e. The van der Waals surface area contributed by atoms with Crippen molar-refractivity contribution in [3.63, 3.8) is 0 Å². The van der Waals surface area contributed by atoms with Gasteiger partial charge in [-0.15, -0.1) is 0 Å². The fourth-order valence-corrected chi connectivity index (χ4v) is 1.26. The molecule has 1 heterocycles. The van der Waals surface area contributed by atoms with Crippen LogP contribution in [0.3, 0.4) is 0 Å². The number of imidazole rings is 1. The molecule has 0 radical (unpaired) electrons. The van der Waals surface area contributed by atoms with E-state index >= 15 is 0 Å². The second kappa shape index (κ2) is 3.49. The molecule has 1 aromatic carbocycles. The van der Waals surface area contributed by atoms with E-state index in [9.17, 15) is 4.79 Å². The Balaban J connectivity index is 2.30. The smallest absolute Gasteiger partial charge is 0.224 e. The van der Waals surface area contributed by atoms with Crippen LogP contribution >= 0.6 is 0 Å². The molecular weight excluding hydrogens is 178 g/mol. The largest absolute Gasteiger partial charge is 0.345 e. The van der Waals surface area contributed by atoms with Crippen LogP contribution in [0.25, 0.3) is 11.0 Å². The Kier molecular flexibility index (Phi) is 2.18. The number of carbonyl (C=O) groups excluding carboxylic acids is 1. The number of aromatic nitrogens is 2. The Morgan fingerprint density at radius 3 is 3.21 bits per heavy atom. The number of carbonyl (C=O) groups is 1. The second-order valence-corrected chi connectivity index (χ2v) is 3.04. The number of aromatic amines is 1. The van der Waals surface area contributed by atoms with Crippen LogP contribution in [-0.4, -0.2) is 15.9 Å². The average Bonchev–Trinajstić information content (AvgIpc) is 2.64. The number of benzene rings is 1. The third-order valence-corrected chi connectivity index (χ3v) is 2.03. The van der Waals surface area contributed by atoms with Crippen molar-refractivity contribution in [1.82, 2.24) is 9.97 Å². The second-order valence-electron chi connectivity index (χ2n) is 3.04. The summed E-state index contributed by atoms with van der Waals surface area (Å²) in [6.07, 6.45) is 2.12. The van der Waals surface area contributed by atoms with Gasteiger partial charge >= 0.3 is 0 Å². The van der Waals surface area contributed by atoms with Crippen LogP contribution in [-0.2, 0) is 4.79 Å². The summed E-state index contributed by atoms with van der Waals surface area (Å²) < 4.78 is 0. The van der Waals surface area contributed by atoms with E-state index in [4.69, 9.17) is 0 Å². The average molecular weight is 189 g/mol. The summed E-state index contributed by atoms with van der Waals surface area (Å²) in [6.45, 7) is 1.82. The first-order chi connectivity index (χ1) is 6.79. The van der Waals surface area contributed by atoms with Gasteiger partial charge in [-0.25, -0.2) is 4.98 Å². The molecule has 0 atom stereocenters. The molecule has 0 saturated heterocycles. The normalized spacial score (nSPS) is 10.4. The van der Waals surface area contributed by atoms with Gasteiger partial charge in [0.1, 0.15) is 0 Å². The Labute approximate surface area is 81.3 Å². The van der Waals surface area contributed by atoms with Crippen LogP contribution in [0.2, 0.25) is 0 Å². The lowest BCUT2D eigenvalue weighted by molar-refractivity contribution is -0.115. The molecule has 2 rings (SSSR count). The molecule has 1 aromatic heterocycles. The van der Waals surface area contributed by atoms with Crippen LogP contribution in [0.5, 0.6) is 0 Å². The van der Waals surface area contributed by atoms with Crippen molar-refractivity contribution in [2.24, 2.45) is 0 Å². The fraction of sp³-hybridized carbons (Fsp3) is 0.200. The van der Waals surface area contributed by atoms with Crippen molar-refractivity contribution in [2.45, 2.75) is 13.3 Å². The van der Waals surface area contributed by atoms with Crippen molar-refractivity contribution in [3.8, 4) is 0 Å². The van der Waals surface area contributed by atoms with Crippen molar-refractivity contribution >= 4 is 22.6 Å². The Bertz CT molecular complexity index is 461. The standard InChI is InChI=1S/C10H11N3O/c1-2-10(14)13-7-3-4-8-9(5-7)12-6-11-8/h3-6H,2H2,1H3,(H,11,12)(H,13,14). The third-order valence-electron chi connectivity index (χ3n) is 2.03. The molecule has 0 saturated carbocycles. The molecule has 0 unspecified atom stereocenters. The highest BCUT2D eigenvalue weighted by Gasteiger charge is 2.00. The molecule has 4 nitrogen and oxygen atoms in total. The van der Waals surface area contributed by atoms with Gasteiger partial charge in [-0.05, 0) is 18.2 Å². The van der Waals surface area contributed by atoms with Gasteiger partial charge in [0.05, 0.1) is 17.4 Å². The summed E-state index contributed by atoms with van der Waals surface area (Å²) >= 11 is 0. The van der Waals surface area contributed by atoms with Crippen LogP contribution in [0.1, 0.15) is 13.3 Å². The highest BCUT2D eigenvalue weighted by Crippen LogP contribution is 2.15. The van der Waals surface area contributed by atoms with E-state index < -0.39 is 0 Å². The monoisotopic (exact) mass is 189 g/mol. The molecule has 4 heteroatoms. The van der Waals surface area contributed by atoms with Gasteiger partial charge in [0.2, 0.25) is 5.91 Å². The van der Waals surface area contributed by atoms with Gasteiger partial charge in [0, 0.05) is 12.1 Å². The van der Waals surface area contributed by atoms with Crippen molar-refractivity contribution in [3.05, 3.63) is 24.5 Å². The zero-order valence-corrected chi connectivity index (χ0v) is 7.87. The molecule has 1 amide bonds. The number of nitrogens with one attached hydrogen (secondary N) is 2. The lowest BCUT2D eigenvalue weighted by Crippen LogP contribution is -2.09. The number of nitrogens with zero attached hydrogens (tertiary/aromatic N) is 1. The SMILES string of the molecule is CCC(=O)Nc1ccc2nc[nH]c2c1. The lowest BCUT2D eigenvalue weighted by atomic mass is 10.2. The summed E-state index contributed by atoms with van der Waals surface area (Å²) in [4.78, 5) is 18.2. The third kappa shape index (κ3) is 1.59. The number of rotatable bonds is 2. The topological polar surface area (TPSA) is 57.8 Å². The molecule has 14 heavy (non-hydrogen) atoms. The molecule has 0 aliphatic rings. The van der Waals surface area contributed by atoms with Crippen LogP contribution in [0.15, 0.2) is 24.5 Å². The van der Waals surface area contributed by atoms with Crippen LogP contribution in [0.4, 0.5) is 5.69 Å². The van der Waals surface area contributed by atoms with E-state index in [1.54, 1.807) is 6.33 Å². The Hall–Kier alpha value is -1.84. The van der Waals surface area contributed by atoms with Crippen molar-refractivity contribution < 1.29 is 4.79 Å². The molecule has 0 fully saturated rings. The van der Waals surface area contributed by atoms with Crippen LogP contribution in [0, 0.1) is 0 Å². The van der Waals surface area contributed by atoms with E-state index in [2.05, 4.69) is 15.3 Å². The first-order valence-electron chi connectivity index (χ1n) is 4.52. The van der Waals surface area contributed by atoms with Crippen LogP contribution < -0.4 is 5.32 Å². The number of hydrogen-bond acceptors (Lipinski definition) is 2. The number of H-pyrrole nitrogens is 1. The number of anilines is 1. The van der Waals surface area contributed by atoms with E-state index in [0.717, 1.165) is 16.7 Å². The highest BCUT2D eigenvalue weighted by atomic mass is 16.1. The van der Waals surface area contributed by atoms with Gasteiger partial charge in [0.25, 0.3) is 0 Å². The van der Waals surface area contributed by atoms with Gasteiger partial charge < -0.3 is 10.3 Å². The molecule has 0 bridgehead atoms. The maximum atomic E-state index is 11.1. The summed E-state index contributed by atoms with van der Waals surface area (Å²) in [7, 11) is 0. The molecule has 2 N–H and O–H groups in total. The summed E-state index contributed by atoms with van der Waals surface area (Å²) in [6, 6.07) is 5.59. The minimum Gasteiger partial charge on any atom is -0.345 e. The summed E-state index contributed by atoms with van der Waals surface area (Å²) in [5.74, 6) is 0.0175. The van der Waals surface area contributed by atoms with Gasteiger partial charge in [0.15, 0.2) is 0 Å². The first-order valence-corrected chi connectivity index (χ1v) is 4.52.